The zero-order valence-corrected chi connectivity index (χ0v) is 12.3. The molecule has 0 spiro atoms. The molecule has 0 bridgehead atoms. The van der Waals surface area contributed by atoms with Gasteiger partial charge in [-0.1, -0.05) is 12.1 Å². The molecular formula is C15H16FN3O4. The average Bonchev–Trinajstić information content (AvgIpc) is 2.85. The lowest BCUT2D eigenvalue weighted by Gasteiger charge is -2.33. The molecule has 0 saturated carbocycles. The van der Waals surface area contributed by atoms with Crippen LogP contribution >= 0.6 is 0 Å². The van der Waals surface area contributed by atoms with Crippen molar-refractivity contribution in [3.8, 4) is 0 Å². The van der Waals surface area contributed by atoms with Crippen molar-refractivity contribution >= 4 is 17.8 Å². The van der Waals surface area contributed by atoms with Crippen molar-refractivity contribution in [2.24, 2.45) is 0 Å². The summed E-state index contributed by atoms with van der Waals surface area (Å²) in [7, 11) is 0. The second-order valence-corrected chi connectivity index (χ2v) is 5.47. The molecule has 2 atom stereocenters. The Morgan fingerprint density at radius 3 is 2.70 bits per heavy atom. The largest absolute Gasteiger partial charge is 0.370 e. The number of halogens is 1. The predicted molar refractivity (Wildman–Crippen MR) is 76.8 cm³/mol. The summed E-state index contributed by atoms with van der Waals surface area (Å²) in [6.07, 6.45) is -0.423. The van der Waals surface area contributed by atoms with Crippen LogP contribution in [-0.4, -0.2) is 48.5 Å². The number of morpholine rings is 1. The number of nitrogens with zero attached hydrogens (tertiary/aromatic N) is 1. The molecule has 23 heavy (non-hydrogen) atoms. The van der Waals surface area contributed by atoms with Gasteiger partial charge in [0.05, 0.1) is 19.6 Å². The van der Waals surface area contributed by atoms with Gasteiger partial charge < -0.3 is 15.0 Å². The van der Waals surface area contributed by atoms with E-state index in [0.29, 0.717) is 19.7 Å². The van der Waals surface area contributed by atoms with Crippen LogP contribution in [0.25, 0.3) is 0 Å². The molecule has 0 radical (unpaired) electrons. The number of imide groups is 1. The van der Waals surface area contributed by atoms with Gasteiger partial charge in [-0.25, -0.2) is 9.18 Å². The van der Waals surface area contributed by atoms with Crippen LogP contribution in [0.15, 0.2) is 24.3 Å². The van der Waals surface area contributed by atoms with Crippen molar-refractivity contribution in [2.45, 2.75) is 18.6 Å². The number of ether oxygens (including phenoxy) is 1. The maximum absolute atomic E-state index is 13.0. The van der Waals surface area contributed by atoms with E-state index >= 15 is 0 Å². The van der Waals surface area contributed by atoms with E-state index in [1.165, 1.54) is 12.1 Å². The molecule has 2 fully saturated rings. The molecule has 0 unspecified atom stereocenters. The zero-order valence-electron chi connectivity index (χ0n) is 12.3. The van der Waals surface area contributed by atoms with Gasteiger partial charge in [-0.3, -0.25) is 14.9 Å². The van der Waals surface area contributed by atoms with E-state index in [4.69, 9.17) is 4.74 Å². The Hall–Kier alpha value is -2.48. The van der Waals surface area contributed by atoms with Crippen molar-refractivity contribution in [3.63, 3.8) is 0 Å². The summed E-state index contributed by atoms with van der Waals surface area (Å²) >= 11 is 0. The minimum atomic E-state index is -0.831. The second kappa shape index (κ2) is 6.33. The lowest BCUT2D eigenvalue weighted by Crippen LogP contribution is -2.45. The molecule has 2 aliphatic rings. The highest BCUT2D eigenvalue weighted by molar-refractivity contribution is 6.05. The van der Waals surface area contributed by atoms with Gasteiger partial charge in [0.25, 0.3) is 5.91 Å². The monoisotopic (exact) mass is 321 g/mol. The van der Waals surface area contributed by atoms with Gasteiger partial charge in [-0.2, -0.15) is 0 Å². The third-order valence-electron chi connectivity index (χ3n) is 3.90. The van der Waals surface area contributed by atoms with Crippen LogP contribution in [0.3, 0.4) is 0 Å². The number of rotatable bonds is 3. The third-order valence-corrected chi connectivity index (χ3v) is 3.90. The Morgan fingerprint density at radius 1 is 1.30 bits per heavy atom. The summed E-state index contributed by atoms with van der Waals surface area (Å²) in [4.78, 5) is 36.5. The molecule has 4 amide bonds. The number of benzene rings is 1. The Balaban J connectivity index is 1.61. The first kappa shape index (κ1) is 15.4. The first-order valence-corrected chi connectivity index (χ1v) is 7.29. The molecule has 1 aromatic carbocycles. The van der Waals surface area contributed by atoms with E-state index in [9.17, 15) is 18.8 Å². The van der Waals surface area contributed by atoms with E-state index in [1.807, 2.05) is 0 Å². The van der Waals surface area contributed by atoms with Crippen LogP contribution < -0.4 is 10.6 Å². The van der Waals surface area contributed by atoms with Gasteiger partial charge in [-0.15, -0.1) is 0 Å². The van der Waals surface area contributed by atoms with Crippen molar-refractivity contribution in [1.82, 2.24) is 15.5 Å². The van der Waals surface area contributed by atoms with E-state index in [0.717, 1.165) is 5.56 Å². The molecular weight excluding hydrogens is 305 g/mol. The molecule has 0 aliphatic carbocycles. The topological polar surface area (TPSA) is 87.7 Å². The van der Waals surface area contributed by atoms with E-state index in [2.05, 4.69) is 10.6 Å². The normalized spacial score (nSPS) is 24.3. The highest BCUT2D eigenvalue weighted by Gasteiger charge is 2.34. The van der Waals surface area contributed by atoms with Gasteiger partial charge in [0.2, 0.25) is 5.91 Å². The lowest BCUT2D eigenvalue weighted by atomic mass is 10.1. The van der Waals surface area contributed by atoms with E-state index < -0.39 is 18.0 Å². The Bertz CT molecular complexity index is 634. The maximum atomic E-state index is 13.0. The molecule has 1 aromatic rings. The molecule has 2 aliphatic heterocycles. The molecule has 2 heterocycles. The summed E-state index contributed by atoms with van der Waals surface area (Å²) in [5, 5.41) is 4.50. The molecule has 2 saturated heterocycles. The van der Waals surface area contributed by atoms with Crippen molar-refractivity contribution in [3.05, 3.63) is 35.6 Å². The van der Waals surface area contributed by atoms with Crippen LogP contribution in [0.5, 0.6) is 0 Å². The quantitative estimate of drug-likeness (QED) is 0.785. The van der Waals surface area contributed by atoms with Gasteiger partial charge >= 0.3 is 6.03 Å². The van der Waals surface area contributed by atoms with Crippen LogP contribution in [0, 0.1) is 5.82 Å². The van der Waals surface area contributed by atoms with Crippen molar-refractivity contribution in [1.29, 1.82) is 0 Å². The third kappa shape index (κ3) is 3.48. The number of hydrogen-bond acceptors (Lipinski definition) is 4. The average molecular weight is 321 g/mol. The summed E-state index contributed by atoms with van der Waals surface area (Å²) in [5.41, 5.74) is 0.788. The lowest BCUT2D eigenvalue weighted by molar-refractivity contribution is -0.140. The van der Waals surface area contributed by atoms with Crippen LogP contribution in [0.4, 0.5) is 9.18 Å². The van der Waals surface area contributed by atoms with Crippen LogP contribution in [0.2, 0.25) is 0 Å². The van der Waals surface area contributed by atoms with Gasteiger partial charge in [0, 0.05) is 6.54 Å². The first-order valence-electron chi connectivity index (χ1n) is 7.29. The SMILES string of the molecule is O=C1NC(=O)[C@@H](CC(=O)N2CCO[C@@H](c3ccc(F)cc3)C2)N1. The van der Waals surface area contributed by atoms with E-state index in [1.54, 1.807) is 17.0 Å². The number of amides is 4. The standard InChI is InChI=1S/C15H16FN3O4/c16-10-3-1-9(2-4-10)12-8-19(5-6-23-12)13(20)7-11-14(21)18-15(22)17-11/h1-4,11-12H,5-8H2,(H2,17,18,21,22)/t11-,12-/m1/s1. The van der Waals surface area contributed by atoms with Crippen LogP contribution in [-0.2, 0) is 14.3 Å². The van der Waals surface area contributed by atoms with Crippen molar-refractivity contribution in [2.75, 3.05) is 19.7 Å². The smallest absolute Gasteiger partial charge is 0.322 e. The Kier molecular flexibility index (Phi) is 4.24. The number of carbonyl (C=O) groups excluding carboxylic acids is 3. The zero-order chi connectivity index (χ0) is 16.4. The fourth-order valence-corrected chi connectivity index (χ4v) is 2.66. The van der Waals surface area contributed by atoms with Gasteiger partial charge in [0.15, 0.2) is 0 Å². The maximum Gasteiger partial charge on any atom is 0.322 e. The molecule has 8 heteroatoms. The fraction of sp³-hybridized carbons (Fsp3) is 0.400. The minimum absolute atomic E-state index is 0.0896. The minimum Gasteiger partial charge on any atom is -0.370 e. The Labute approximate surface area is 131 Å². The Morgan fingerprint density at radius 2 is 2.04 bits per heavy atom. The number of nitrogens with one attached hydrogen (secondary N) is 2. The number of urea groups is 1. The highest BCUT2D eigenvalue weighted by atomic mass is 19.1. The number of hydrogen-bond donors (Lipinski definition) is 2. The first-order chi connectivity index (χ1) is 11.0. The predicted octanol–water partition coefficient (Wildman–Crippen LogP) is 0.324. The summed E-state index contributed by atoms with van der Waals surface area (Å²) in [6, 6.07) is 4.52. The van der Waals surface area contributed by atoms with Crippen LogP contribution in [0.1, 0.15) is 18.1 Å². The molecule has 3 rings (SSSR count). The number of carbonyl (C=O) groups is 3. The fourth-order valence-electron chi connectivity index (χ4n) is 2.66. The van der Waals surface area contributed by atoms with Crippen molar-refractivity contribution < 1.29 is 23.5 Å². The summed E-state index contributed by atoms with van der Waals surface area (Å²) in [5.74, 6) is -1.06. The summed E-state index contributed by atoms with van der Waals surface area (Å²) < 4.78 is 18.6. The summed E-state index contributed by atoms with van der Waals surface area (Å²) in [6.45, 7) is 1.10. The molecule has 0 aromatic heterocycles. The molecule has 7 nitrogen and oxygen atoms in total. The van der Waals surface area contributed by atoms with E-state index in [-0.39, 0.29) is 24.2 Å². The molecule has 2 N–H and O–H groups in total. The van der Waals surface area contributed by atoms with Gasteiger partial charge in [0.1, 0.15) is 18.0 Å². The van der Waals surface area contributed by atoms with Gasteiger partial charge in [-0.05, 0) is 17.7 Å². The highest BCUT2D eigenvalue weighted by Crippen LogP contribution is 2.23. The second-order valence-electron chi connectivity index (χ2n) is 5.47. The molecule has 122 valence electrons.